The molecule has 0 aromatic heterocycles. The van der Waals surface area contributed by atoms with Crippen LogP contribution in [0.3, 0.4) is 0 Å². The Bertz CT molecular complexity index is 1170. The summed E-state index contributed by atoms with van der Waals surface area (Å²) in [5.41, 5.74) is 0. The summed E-state index contributed by atoms with van der Waals surface area (Å²) < 4.78 is 16.9. The number of allylic oxidation sites excluding steroid dienone is 16. The molecule has 8 nitrogen and oxygen atoms in total. The normalized spacial score (nSPS) is 14.1. The Kier molecular flexibility index (Phi) is 31.9. The number of hydrogen-bond donors (Lipinski definition) is 0. The van der Waals surface area contributed by atoms with Crippen LogP contribution in [0, 0.1) is 0 Å². The lowest BCUT2D eigenvalue weighted by atomic mass is 10.1. The van der Waals surface area contributed by atoms with Gasteiger partial charge in [-0.2, -0.15) is 0 Å². The molecule has 0 fully saturated rings. The van der Waals surface area contributed by atoms with Crippen LogP contribution in [-0.4, -0.2) is 75.5 Å². The molecule has 0 saturated carbocycles. The van der Waals surface area contributed by atoms with Gasteiger partial charge >= 0.3 is 11.9 Å². The number of carbonyl (C=O) groups is 3. The van der Waals surface area contributed by atoms with Crippen molar-refractivity contribution in [2.24, 2.45) is 0 Å². The first kappa shape index (κ1) is 48.2. The van der Waals surface area contributed by atoms with Crippen molar-refractivity contribution in [2.45, 2.75) is 122 Å². The third-order valence-electron chi connectivity index (χ3n) is 7.73. The van der Waals surface area contributed by atoms with Crippen LogP contribution in [0.2, 0.25) is 0 Å². The number of esters is 2. The molecule has 0 aliphatic rings. The van der Waals surface area contributed by atoms with Gasteiger partial charge in [-0.3, -0.25) is 9.59 Å². The van der Waals surface area contributed by atoms with Gasteiger partial charge in [0.15, 0.2) is 6.10 Å². The third-order valence-corrected chi connectivity index (χ3v) is 7.73. The van der Waals surface area contributed by atoms with Crippen molar-refractivity contribution in [1.29, 1.82) is 0 Å². The van der Waals surface area contributed by atoms with E-state index < -0.39 is 24.1 Å². The number of nitrogens with zero attached hydrogens (tertiary/aromatic N) is 1. The zero-order chi connectivity index (χ0) is 38.5. The molecule has 0 bridgehead atoms. The van der Waals surface area contributed by atoms with E-state index in [-0.39, 0.29) is 49.5 Å². The van der Waals surface area contributed by atoms with Gasteiger partial charge < -0.3 is 28.6 Å². The lowest BCUT2D eigenvalue weighted by Crippen LogP contribution is -2.55. The number of hydrogen-bond acceptors (Lipinski definition) is 7. The Morgan fingerprint density at radius 2 is 1.04 bits per heavy atom. The molecule has 0 aliphatic carbocycles. The van der Waals surface area contributed by atoms with Crippen molar-refractivity contribution in [1.82, 2.24) is 0 Å². The molecular formula is C44H69NO7. The summed E-state index contributed by atoms with van der Waals surface area (Å²) >= 11 is 0. The van der Waals surface area contributed by atoms with Crippen molar-refractivity contribution >= 4 is 17.9 Å². The minimum atomic E-state index is -1.15. The highest BCUT2D eigenvalue weighted by atomic mass is 16.6. The molecule has 0 radical (unpaired) electrons. The molecular weight excluding hydrogens is 654 g/mol. The van der Waals surface area contributed by atoms with Crippen molar-refractivity contribution in [3.8, 4) is 0 Å². The Hall–Kier alpha value is -3.75. The largest absolute Gasteiger partial charge is 0.544 e. The van der Waals surface area contributed by atoms with Crippen LogP contribution in [0.5, 0.6) is 0 Å². The summed E-state index contributed by atoms with van der Waals surface area (Å²) in [4.78, 5) is 36.6. The number of ether oxygens (including phenoxy) is 3. The van der Waals surface area contributed by atoms with Crippen molar-refractivity contribution in [3.63, 3.8) is 0 Å². The quantitative estimate of drug-likeness (QED) is 0.0297. The van der Waals surface area contributed by atoms with E-state index in [0.29, 0.717) is 12.8 Å². The van der Waals surface area contributed by atoms with E-state index in [2.05, 4.69) is 98.9 Å². The number of likely N-dealkylation sites (N-methyl/N-ethyl adjacent to an activating group) is 1. The number of unbranched alkanes of at least 4 members (excludes halogenated alkanes) is 2. The van der Waals surface area contributed by atoms with Gasteiger partial charge in [0.25, 0.3) is 0 Å². The fourth-order valence-electron chi connectivity index (χ4n) is 4.78. The number of carboxylic acids is 1. The smallest absolute Gasteiger partial charge is 0.306 e. The van der Waals surface area contributed by atoms with Gasteiger partial charge in [-0.25, -0.2) is 0 Å². The lowest BCUT2D eigenvalue weighted by Gasteiger charge is -2.34. The van der Waals surface area contributed by atoms with E-state index in [0.717, 1.165) is 64.2 Å². The first-order chi connectivity index (χ1) is 25.1. The number of aliphatic carboxylic acids is 1. The summed E-state index contributed by atoms with van der Waals surface area (Å²) in [6, 6.07) is -0.747. The average Bonchev–Trinajstić information content (AvgIpc) is 3.09. The first-order valence-electron chi connectivity index (χ1n) is 19.3. The van der Waals surface area contributed by atoms with Gasteiger partial charge in [-0.1, -0.05) is 111 Å². The molecule has 2 atom stereocenters. The number of carboxylic acid groups (broad SMARTS) is 1. The van der Waals surface area contributed by atoms with E-state index in [1.54, 1.807) is 21.1 Å². The highest BCUT2D eigenvalue weighted by Crippen LogP contribution is 2.10. The van der Waals surface area contributed by atoms with E-state index in [4.69, 9.17) is 14.2 Å². The van der Waals surface area contributed by atoms with Crippen LogP contribution in [0.15, 0.2) is 97.2 Å². The van der Waals surface area contributed by atoms with E-state index in [9.17, 15) is 19.5 Å². The zero-order valence-corrected chi connectivity index (χ0v) is 32.9. The number of carbonyl (C=O) groups excluding carboxylic acids is 3. The predicted molar refractivity (Wildman–Crippen MR) is 212 cm³/mol. The Labute approximate surface area is 316 Å². The molecule has 52 heavy (non-hydrogen) atoms. The van der Waals surface area contributed by atoms with Gasteiger partial charge in [0, 0.05) is 19.3 Å². The first-order valence-corrected chi connectivity index (χ1v) is 19.3. The molecule has 8 heteroatoms. The molecule has 2 unspecified atom stereocenters. The zero-order valence-electron chi connectivity index (χ0n) is 32.9. The molecule has 0 rings (SSSR count). The summed E-state index contributed by atoms with van der Waals surface area (Å²) in [6.45, 7) is 4.26. The van der Waals surface area contributed by atoms with Crippen LogP contribution in [0.4, 0.5) is 0 Å². The molecule has 0 aromatic rings. The summed E-state index contributed by atoms with van der Waals surface area (Å²) in [7, 11) is 5.34. The van der Waals surface area contributed by atoms with Gasteiger partial charge in [0.2, 0.25) is 0 Å². The fraction of sp³-hybridized carbons (Fsp3) is 0.568. The minimum absolute atomic E-state index is 0.00683. The molecule has 0 saturated heterocycles. The van der Waals surface area contributed by atoms with E-state index in [1.807, 2.05) is 12.2 Å². The van der Waals surface area contributed by atoms with Gasteiger partial charge in [0.1, 0.15) is 12.6 Å². The molecule has 0 aliphatic heterocycles. The van der Waals surface area contributed by atoms with E-state index in [1.165, 1.54) is 0 Å². The summed E-state index contributed by atoms with van der Waals surface area (Å²) in [5.74, 6) is -1.91. The molecule has 0 N–H and O–H groups in total. The van der Waals surface area contributed by atoms with Crippen LogP contribution < -0.4 is 5.11 Å². The number of rotatable bonds is 32. The maximum atomic E-state index is 12.6. The highest BCUT2D eigenvalue weighted by Gasteiger charge is 2.25. The lowest BCUT2D eigenvalue weighted by molar-refractivity contribution is -0.889. The Morgan fingerprint density at radius 1 is 0.577 bits per heavy atom. The predicted octanol–water partition coefficient (Wildman–Crippen LogP) is 8.62. The molecule has 0 spiro atoms. The number of quaternary nitrogens is 1. The van der Waals surface area contributed by atoms with Gasteiger partial charge in [-0.15, -0.1) is 0 Å². The molecule has 0 amide bonds. The topological polar surface area (TPSA) is 102 Å². The summed E-state index contributed by atoms with van der Waals surface area (Å²) in [5, 5.41) is 11.6. The second-order valence-corrected chi connectivity index (χ2v) is 13.4. The SMILES string of the molecule is CC/C=C/C/C=C/C/C=C/C/C=C/C/C=C/C/C=C/CCC(=O)OC(COCCC(C(=O)[O-])[N+](C)(C)C)COC(=O)CCCC/C=C/C/C=C/CC. The monoisotopic (exact) mass is 724 g/mol. The maximum Gasteiger partial charge on any atom is 0.306 e. The van der Waals surface area contributed by atoms with Crippen LogP contribution >= 0.6 is 0 Å². The van der Waals surface area contributed by atoms with E-state index >= 15 is 0 Å². The van der Waals surface area contributed by atoms with Crippen molar-refractivity contribution in [3.05, 3.63) is 97.2 Å². The Balaban J connectivity index is 4.58. The van der Waals surface area contributed by atoms with Gasteiger partial charge in [-0.05, 0) is 77.0 Å². The molecule has 0 aromatic carbocycles. The second kappa shape index (κ2) is 34.3. The average molecular weight is 724 g/mol. The maximum absolute atomic E-state index is 12.6. The fourth-order valence-corrected chi connectivity index (χ4v) is 4.78. The highest BCUT2D eigenvalue weighted by molar-refractivity contribution is 5.70. The van der Waals surface area contributed by atoms with Crippen LogP contribution in [-0.2, 0) is 28.6 Å². The van der Waals surface area contributed by atoms with Gasteiger partial charge in [0.05, 0.1) is 40.3 Å². The van der Waals surface area contributed by atoms with Crippen molar-refractivity contribution < 1.29 is 38.2 Å². The Morgan fingerprint density at radius 3 is 1.50 bits per heavy atom. The summed E-state index contributed by atoms with van der Waals surface area (Å²) in [6.07, 6.45) is 44.7. The third kappa shape index (κ3) is 32.2. The van der Waals surface area contributed by atoms with Crippen molar-refractivity contribution in [2.75, 3.05) is 41.0 Å². The molecule has 292 valence electrons. The minimum Gasteiger partial charge on any atom is -0.544 e. The van der Waals surface area contributed by atoms with Crippen LogP contribution in [0.1, 0.15) is 110 Å². The second-order valence-electron chi connectivity index (χ2n) is 13.4. The molecule has 0 heterocycles. The van der Waals surface area contributed by atoms with Crippen LogP contribution in [0.25, 0.3) is 0 Å². The standard InChI is InChI=1S/C44H69NO7/c1-6-8-10-12-14-16-17-18-19-20-21-22-23-24-25-27-29-31-33-35-43(47)52-40(38-50-37-36-41(44(48)49)45(3,4)5)39-51-42(46)34-32-30-28-26-15-13-11-9-7-2/h8-11,14-16,18-19,21-22,24-26,29,31,40-41H,6-7,12-13,17,20,23,27-28,30,32-39H2,1-5H3/b10-8+,11-9+,16-14+,19-18+,22-21+,25-24+,26-15+,31-29+.